The van der Waals surface area contributed by atoms with Crippen molar-refractivity contribution in [1.82, 2.24) is 0 Å². The SMILES string of the molecule is CC#C[C@@H](CC1=NN=NC1)c1ccc(OCc2ccc3scc(-c4ccc(OCC5(O)CCS(=O)(=O)CC5)cc4C)c3c2)cc1. The number of aryl methyl sites for hydroxylation is 1. The van der Waals surface area contributed by atoms with E-state index >= 15 is 0 Å². The summed E-state index contributed by atoms with van der Waals surface area (Å²) in [6, 6.07) is 20.5. The van der Waals surface area contributed by atoms with Crippen molar-refractivity contribution in [2.24, 2.45) is 15.4 Å². The molecule has 0 bridgehead atoms. The molecule has 0 amide bonds. The van der Waals surface area contributed by atoms with Gasteiger partial charge in [0.05, 0.1) is 23.1 Å². The molecule has 10 heteroatoms. The van der Waals surface area contributed by atoms with Crippen LogP contribution in [0.3, 0.4) is 0 Å². The lowest BCUT2D eigenvalue weighted by Gasteiger charge is -2.31. The fourth-order valence-corrected chi connectivity index (χ4v) is 8.18. The number of rotatable bonds is 10. The van der Waals surface area contributed by atoms with Gasteiger partial charge in [-0.1, -0.05) is 30.2 Å². The van der Waals surface area contributed by atoms with Gasteiger partial charge < -0.3 is 14.6 Å². The maximum atomic E-state index is 11.7. The number of ether oxygens (including phenoxy) is 2. The van der Waals surface area contributed by atoms with Gasteiger partial charge in [0.1, 0.15) is 36.9 Å². The van der Waals surface area contributed by atoms with Crippen molar-refractivity contribution < 1.29 is 23.0 Å². The molecule has 232 valence electrons. The minimum atomic E-state index is -3.06. The van der Waals surface area contributed by atoms with Crippen LogP contribution in [0.4, 0.5) is 0 Å². The molecule has 0 saturated carbocycles. The van der Waals surface area contributed by atoms with Gasteiger partial charge in [-0.15, -0.1) is 22.4 Å². The molecule has 8 nitrogen and oxygen atoms in total. The molecule has 4 aromatic rings. The second kappa shape index (κ2) is 13.1. The van der Waals surface area contributed by atoms with Crippen molar-refractivity contribution in [3.63, 3.8) is 0 Å². The molecule has 45 heavy (non-hydrogen) atoms. The predicted molar refractivity (Wildman–Crippen MR) is 179 cm³/mol. The number of sulfone groups is 1. The average molecular weight is 642 g/mol. The van der Waals surface area contributed by atoms with Crippen LogP contribution < -0.4 is 9.47 Å². The summed E-state index contributed by atoms with van der Waals surface area (Å²) in [5, 5.41) is 25.9. The molecule has 3 aromatic carbocycles. The molecule has 1 aromatic heterocycles. The lowest BCUT2D eigenvalue weighted by molar-refractivity contribution is -0.0128. The Labute approximate surface area is 267 Å². The summed E-state index contributed by atoms with van der Waals surface area (Å²) in [6.07, 6.45) is 1.11. The highest BCUT2D eigenvalue weighted by Crippen LogP contribution is 2.38. The van der Waals surface area contributed by atoms with Crippen LogP contribution in [-0.2, 0) is 16.4 Å². The first kappa shape index (κ1) is 31.0. The van der Waals surface area contributed by atoms with Gasteiger partial charge in [0.25, 0.3) is 0 Å². The van der Waals surface area contributed by atoms with E-state index in [4.69, 9.17) is 9.47 Å². The van der Waals surface area contributed by atoms with Crippen molar-refractivity contribution in [2.75, 3.05) is 24.7 Å². The van der Waals surface area contributed by atoms with Crippen LogP contribution in [0.5, 0.6) is 11.5 Å². The molecular weight excluding hydrogens is 607 g/mol. The van der Waals surface area contributed by atoms with E-state index in [9.17, 15) is 13.5 Å². The number of thiophene rings is 1. The van der Waals surface area contributed by atoms with Gasteiger partial charge in [-0.05, 0) is 95.9 Å². The largest absolute Gasteiger partial charge is 0.491 e. The Morgan fingerprint density at radius 1 is 1.00 bits per heavy atom. The van der Waals surface area contributed by atoms with Crippen LogP contribution in [0.25, 0.3) is 21.2 Å². The van der Waals surface area contributed by atoms with E-state index in [2.05, 4.69) is 63.0 Å². The number of benzene rings is 3. The highest BCUT2D eigenvalue weighted by Gasteiger charge is 2.36. The van der Waals surface area contributed by atoms with Gasteiger partial charge in [0.2, 0.25) is 0 Å². The third kappa shape index (κ3) is 7.44. The minimum absolute atomic E-state index is 0.00396. The zero-order valence-electron chi connectivity index (χ0n) is 25.3. The maximum Gasteiger partial charge on any atom is 0.150 e. The van der Waals surface area contributed by atoms with E-state index < -0.39 is 15.4 Å². The van der Waals surface area contributed by atoms with E-state index in [0.717, 1.165) is 39.3 Å². The average Bonchev–Trinajstić information content (AvgIpc) is 3.71. The van der Waals surface area contributed by atoms with Crippen LogP contribution in [-0.4, -0.2) is 49.5 Å². The molecule has 1 fully saturated rings. The zero-order valence-corrected chi connectivity index (χ0v) is 27.0. The van der Waals surface area contributed by atoms with E-state index in [1.807, 2.05) is 44.2 Å². The van der Waals surface area contributed by atoms with Crippen LogP contribution >= 0.6 is 11.3 Å². The summed E-state index contributed by atoms with van der Waals surface area (Å²) >= 11 is 1.71. The van der Waals surface area contributed by atoms with E-state index in [1.165, 1.54) is 10.1 Å². The molecule has 1 saturated heterocycles. The van der Waals surface area contributed by atoms with Crippen LogP contribution in [0.15, 0.2) is 81.5 Å². The first-order valence-electron chi connectivity index (χ1n) is 14.9. The van der Waals surface area contributed by atoms with Crippen LogP contribution in [0, 0.1) is 18.8 Å². The summed E-state index contributed by atoms with van der Waals surface area (Å²) in [5.41, 5.74) is 5.34. The fourth-order valence-electron chi connectivity index (χ4n) is 5.65. The summed E-state index contributed by atoms with van der Waals surface area (Å²) in [7, 11) is -3.06. The Hall–Kier alpha value is -4.04. The van der Waals surface area contributed by atoms with Gasteiger partial charge in [-0.2, -0.15) is 5.11 Å². The summed E-state index contributed by atoms with van der Waals surface area (Å²) in [5.74, 6) is 7.79. The molecule has 0 aliphatic carbocycles. The van der Waals surface area contributed by atoms with Crippen molar-refractivity contribution in [2.45, 2.75) is 51.2 Å². The summed E-state index contributed by atoms with van der Waals surface area (Å²) in [6.45, 7) is 4.96. The van der Waals surface area contributed by atoms with E-state index in [0.29, 0.717) is 25.3 Å². The minimum Gasteiger partial charge on any atom is -0.491 e. The smallest absolute Gasteiger partial charge is 0.150 e. The first-order chi connectivity index (χ1) is 21.7. The molecule has 3 heterocycles. The lowest BCUT2D eigenvalue weighted by atomic mass is 9.94. The summed E-state index contributed by atoms with van der Waals surface area (Å²) in [4.78, 5) is 0. The molecular formula is C35H35N3O5S2. The van der Waals surface area contributed by atoms with Crippen molar-refractivity contribution in [3.8, 4) is 34.5 Å². The van der Waals surface area contributed by atoms with Gasteiger partial charge in [0, 0.05) is 22.1 Å². The molecule has 0 radical (unpaired) electrons. The van der Waals surface area contributed by atoms with Crippen molar-refractivity contribution in [1.29, 1.82) is 0 Å². The normalized spacial score (nSPS) is 17.4. The maximum absolute atomic E-state index is 11.7. The van der Waals surface area contributed by atoms with Crippen LogP contribution in [0.2, 0.25) is 0 Å². The van der Waals surface area contributed by atoms with Gasteiger partial charge in [-0.25, -0.2) is 8.42 Å². The van der Waals surface area contributed by atoms with Crippen molar-refractivity contribution >= 4 is 37.0 Å². The second-order valence-electron chi connectivity index (χ2n) is 11.7. The Bertz CT molecular complexity index is 1920. The molecule has 1 atom stereocenters. The number of aliphatic hydroxyl groups is 1. The van der Waals surface area contributed by atoms with E-state index in [1.54, 1.807) is 11.3 Å². The Balaban J connectivity index is 1.11. The monoisotopic (exact) mass is 641 g/mol. The molecule has 6 rings (SSSR count). The first-order valence-corrected chi connectivity index (χ1v) is 17.6. The second-order valence-corrected chi connectivity index (χ2v) is 14.9. The Morgan fingerprint density at radius 2 is 1.78 bits per heavy atom. The summed E-state index contributed by atoms with van der Waals surface area (Å²) < 4.78 is 36.8. The number of nitrogens with zero attached hydrogens (tertiary/aromatic N) is 3. The number of fused-ring (bicyclic) bond motifs is 1. The lowest BCUT2D eigenvalue weighted by Crippen LogP contribution is -2.43. The molecule has 2 aliphatic rings. The van der Waals surface area contributed by atoms with Gasteiger partial charge >= 0.3 is 0 Å². The van der Waals surface area contributed by atoms with Gasteiger partial charge in [0.15, 0.2) is 9.84 Å². The number of hydrogen-bond donors (Lipinski definition) is 1. The standard InChI is InChI=1S/C35H35N3O5S2/c1-3-4-27(19-28-20-36-38-37-28)26-6-8-29(9-7-26)42-21-25-5-12-34-32(18-25)33(22-44-34)31-11-10-30(17-24(31)2)43-23-35(39)13-15-45(40,41)16-14-35/h5-12,17-18,22,27,39H,13-16,19-21,23H2,1-2H3/t27-/m0/s1. The van der Waals surface area contributed by atoms with Crippen molar-refractivity contribution in [3.05, 3.63) is 82.7 Å². The topological polar surface area (TPSA) is 110 Å². The fraction of sp³-hybridized carbons (Fsp3) is 0.343. The highest BCUT2D eigenvalue weighted by atomic mass is 32.2. The molecule has 1 N–H and O–H groups in total. The zero-order chi connectivity index (χ0) is 31.4. The quantitative estimate of drug-likeness (QED) is 0.186. The Morgan fingerprint density at radius 3 is 2.49 bits per heavy atom. The van der Waals surface area contributed by atoms with Crippen LogP contribution in [0.1, 0.15) is 48.8 Å². The molecule has 0 unspecified atom stereocenters. The number of hydrogen-bond acceptors (Lipinski definition) is 9. The third-order valence-electron chi connectivity index (χ3n) is 8.34. The van der Waals surface area contributed by atoms with Gasteiger partial charge in [-0.3, -0.25) is 0 Å². The third-order valence-corrected chi connectivity index (χ3v) is 11.0. The molecule has 0 spiro atoms. The highest BCUT2D eigenvalue weighted by molar-refractivity contribution is 7.91. The Kier molecular flexibility index (Phi) is 9.04. The van der Waals surface area contributed by atoms with E-state index in [-0.39, 0.29) is 36.9 Å². The predicted octanol–water partition coefficient (Wildman–Crippen LogP) is 7.09. The molecule has 2 aliphatic heterocycles.